The Morgan fingerprint density at radius 1 is 1.58 bits per heavy atom. The van der Waals surface area contributed by atoms with Gasteiger partial charge in [0.25, 0.3) is 5.91 Å². The maximum absolute atomic E-state index is 10.8. The van der Waals surface area contributed by atoms with Gasteiger partial charge in [0, 0.05) is 25.9 Å². The van der Waals surface area contributed by atoms with Crippen molar-refractivity contribution in [2.24, 2.45) is 0 Å². The second-order valence-corrected chi connectivity index (χ2v) is 2.46. The van der Waals surface area contributed by atoms with Crippen LogP contribution in [-0.2, 0) is 16.1 Å². The van der Waals surface area contributed by atoms with Gasteiger partial charge in [0.1, 0.15) is 0 Å². The summed E-state index contributed by atoms with van der Waals surface area (Å²) in [6.45, 7) is 1.63. The highest BCUT2D eigenvalue weighted by Gasteiger charge is 2.05. The molecule has 0 aliphatic rings. The molecule has 0 atom stereocenters. The third-order valence-corrected chi connectivity index (χ3v) is 1.44. The molecule has 0 aliphatic carbocycles. The summed E-state index contributed by atoms with van der Waals surface area (Å²) in [7, 11) is 0. The van der Waals surface area contributed by atoms with Crippen molar-refractivity contribution in [3.05, 3.63) is 24.0 Å². The lowest BCUT2D eigenvalue weighted by Crippen LogP contribution is -2.28. The first-order valence-corrected chi connectivity index (χ1v) is 3.60. The Morgan fingerprint density at radius 3 is 2.83 bits per heavy atom. The van der Waals surface area contributed by atoms with E-state index >= 15 is 0 Å². The first kappa shape index (κ1) is 8.52. The van der Waals surface area contributed by atoms with Gasteiger partial charge in [0.15, 0.2) is 0 Å². The second-order valence-electron chi connectivity index (χ2n) is 2.46. The van der Waals surface area contributed by atoms with Gasteiger partial charge in [-0.15, -0.1) is 0 Å². The van der Waals surface area contributed by atoms with Crippen molar-refractivity contribution in [1.29, 1.82) is 0 Å². The van der Waals surface area contributed by atoms with E-state index in [4.69, 9.17) is 0 Å². The molecule has 12 heavy (non-hydrogen) atoms. The van der Waals surface area contributed by atoms with Gasteiger partial charge in [-0.25, -0.2) is 0 Å². The number of Topliss-reactive ketones (excluding diaryl/α,β-unsaturated/α-hetero) is 1. The molecule has 0 aromatic carbocycles. The molecule has 1 aromatic heterocycles. The molecule has 0 radical (unpaired) electrons. The molecule has 4 heteroatoms. The van der Waals surface area contributed by atoms with Crippen LogP contribution in [0.1, 0.15) is 12.5 Å². The molecule has 0 aliphatic heterocycles. The van der Waals surface area contributed by atoms with Crippen LogP contribution in [0.25, 0.3) is 0 Å². The number of H-pyrrole nitrogens is 1. The van der Waals surface area contributed by atoms with Gasteiger partial charge in [-0.2, -0.15) is 0 Å². The minimum Gasteiger partial charge on any atom is -0.367 e. The number of rotatable bonds is 3. The third kappa shape index (κ3) is 2.23. The van der Waals surface area contributed by atoms with Crippen molar-refractivity contribution in [1.82, 2.24) is 10.3 Å². The van der Waals surface area contributed by atoms with E-state index in [9.17, 15) is 9.59 Å². The molecule has 0 fully saturated rings. The van der Waals surface area contributed by atoms with E-state index in [0.29, 0.717) is 6.54 Å². The highest BCUT2D eigenvalue weighted by molar-refractivity contribution is 6.35. The summed E-state index contributed by atoms with van der Waals surface area (Å²) in [6, 6.07) is 1.83. The summed E-state index contributed by atoms with van der Waals surface area (Å²) in [5.74, 6) is -1.01. The predicted molar refractivity (Wildman–Crippen MR) is 43.3 cm³/mol. The molecule has 0 saturated carbocycles. The van der Waals surface area contributed by atoms with Crippen molar-refractivity contribution in [2.45, 2.75) is 13.5 Å². The topological polar surface area (TPSA) is 62.0 Å². The van der Waals surface area contributed by atoms with Gasteiger partial charge in [0.2, 0.25) is 5.78 Å². The minimum absolute atomic E-state index is 0.391. The van der Waals surface area contributed by atoms with Crippen LogP contribution in [0.5, 0.6) is 0 Å². The number of aromatic amines is 1. The number of carbonyl (C=O) groups is 2. The van der Waals surface area contributed by atoms with Crippen LogP contribution >= 0.6 is 0 Å². The van der Waals surface area contributed by atoms with Crippen molar-refractivity contribution in [3.63, 3.8) is 0 Å². The second kappa shape index (κ2) is 3.71. The number of ketones is 1. The first-order chi connectivity index (χ1) is 5.70. The highest BCUT2D eigenvalue weighted by atomic mass is 16.2. The molecule has 2 N–H and O–H groups in total. The molecule has 1 heterocycles. The first-order valence-electron chi connectivity index (χ1n) is 3.60. The van der Waals surface area contributed by atoms with Gasteiger partial charge >= 0.3 is 0 Å². The van der Waals surface area contributed by atoms with Crippen molar-refractivity contribution in [3.8, 4) is 0 Å². The van der Waals surface area contributed by atoms with Crippen LogP contribution in [0, 0.1) is 0 Å². The molecule has 0 saturated heterocycles. The summed E-state index contributed by atoms with van der Waals surface area (Å²) in [5, 5.41) is 2.48. The zero-order valence-electron chi connectivity index (χ0n) is 6.76. The van der Waals surface area contributed by atoms with Gasteiger partial charge in [-0.3, -0.25) is 9.59 Å². The van der Waals surface area contributed by atoms with Crippen LogP contribution in [0.15, 0.2) is 18.5 Å². The normalized spacial score (nSPS) is 9.42. The molecule has 0 spiro atoms. The Hall–Kier alpha value is -1.58. The molecule has 1 aromatic rings. The van der Waals surface area contributed by atoms with E-state index < -0.39 is 11.7 Å². The van der Waals surface area contributed by atoms with Crippen LogP contribution in [0.3, 0.4) is 0 Å². The fraction of sp³-hybridized carbons (Fsp3) is 0.250. The molecule has 64 valence electrons. The van der Waals surface area contributed by atoms with Crippen molar-refractivity contribution >= 4 is 11.7 Å². The van der Waals surface area contributed by atoms with E-state index in [2.05, 4.69) is 10.3 Å². The number of aromatic nitrogens is 1. The largest absolute Gasteiger partial charge is 0.367 e. The van der Waals surface area contributed by atoms with E-state index in [1.807, 2.05) is 6.07 Å². The van der Waals surface area contributed by atoms with Crippen LogP contribution in [0.2, 0.25) is 0 Å². The van der Waals surface area contributed by atoms with Crippen LogP contribution < -0.4 is 5.32 Å². The van der Waals surface area contributed by atoms with Crippen molar-refractivity contribution < 1.29 is 9.59 Å². The number of hydrogen-bond donors (Lipinski definition) is 2. The average molecular weight is 166 g/mol. The fourth-order valence-electron chi connectivity index (χ4n) is 0.775. The SMILES string of the molecule is CC(=O)C(=O)NCc1cc[nH]c1. The van der Waals surface area contributed by atoms with Crippen molar-refractivity contribution in [2.75, 3.05) is 0 Å². The number of amides is 1. The Balaban J connectivity index is 2.37. The summed E-state index contributed by atoms with van der Waals surface area (Å²) >= 11 is 0. The van der Waals surface area contributed by atoms with E-state index in [1.165, 1.54) is 6.92 Å². The Bertz CT molecular complexity index is 277. The average Bonchev–Trinajstić information content (AvgIpc) is 2.51. The smallest absolute Gasteiger partial charge is 0.287 e. The molecule has 0 unspecified atom stereocenters. The summed E-state index contributed by atoms with van der Waals surface area (Å²) in [5.41, 5.74) is 0.949. The standard InChI is InChI=1S/C8H10N2O2/c1-6(11)8(12)10-5-7-2-3-9-4-7/h2-4,9H,5H2,1H3,(H,10,12). The molecule has 4 nitrogen and oxygen atoms in total. The van der Waals surface area contributed by atoms with Gasteiger partial charge in [-0.05, 0) is 11.6 Å². The maximum Gasteiger partial charge on any atom is 0.287 e. The summed E-state index contributed by atoms with van der Waals surface area (Å²) < 4.78 is 0. The lowest BCUT2D eigenvalue weighted by atomic mass is 10.3. The molecule has 1 amide bonds. The number of carbonyl (C=O) groups excluding carboxylic acids is 2. The Labute approximate surface area is 70.0 Å². The predicted octanol–water partition coefficient (Wildman–Crippen LogP) is 0.220. The van der Waals surface area contributed by atoms with Gasteiger partial charge in [0.05, 0.1) is 0 Å². The zero-order chi connectivity index (χ0) is 8.97. The number of hydrogen-bond acceptors (Lipinski definition) is 2. The maximum atomic E-state index is 10.8. The Kier molecular flexibility index (Phi) is 2.63. The number of nitrogens with one attached hydrogen (secondary N) is 2. The molecule has 1 rings (SSSR count). The monoisotopic (exact) mass is 166 g/mol. The lowest BCUT2D eigenvalue weighted by Gasteiger charge is -1.98. The lowest BCUT2D eigenvalue weighted by molar-refractivity contribution is -0.136. The van der Waals surface area contributed by atoms with E-state index in [0.717, 1.165) is 5.56 Å². The van der Waals surface area contributed by atoms with E-state index in [-0.39, 0.29) is 0 Å². The van der Waals surface area contributed by atoms with Gasteiger partial charge in [-0.1, -0.05) is 0 Å². The van der Waals surface area contributed by atoms with Crippen LogP contribution in [0.4, 0.5) is 0 Å². The van der Waals surface area contributed by atoms with Crippen LogP contribution in [-0.4, -0.2) is 16.7 Å². The quantitative estimate of drug-likeness (QED) is 0.631. The Morgan fingerprint density at radius 2 is 2.33 bits per heavy atom. The van der Waals surface area contributed by atoms with Gasteiger partial charge < -0.3 is 10.3 Å². The molecular weight excluding hydrogens is 156 g/mol. The molecule has 0 bridgehead atoms. The molecular formula is C8H10N2O2. The zero-order valence-corrected chi connectivity index (χ0v) is 6.76. The summed E-state index contributed by atoms with van der Waals surface area (Å²) in [6.07, 6.45) is 3.52. The summed E-state index contributed by atoms with van der Waals surface area (Å²) in [4.78, 5) is 24.1. The highest BCUT2D eigenvalue weighted by Crippen LogP contribution is 1.94. The van der Waals surface area contributed by atoms with E-state index in [1.54, 1.807) is 12.4 Å². The third-order valence-electron chi connectivity index (χ3n) is 1.44. The minimum atomic E-state index is -0.545. The fourth-order valence-corrected chi connectivity index (χ4v) is 0.775.